The molecule has 5 rings (SSSR count). The predicted octanol–water partition coefficient (Wildman–Crippen LogP) is 4.31. The molecule has 2 amide bonds. The SMILES string of the molecule is CC(CCC(=O)N[C@@H]1C[C@H]2C[C@@]2(C(=O)O)C1)CNC(=O)OCC1c2ccccc2-c2ccccc21. The molecule has 3 aliphatic carbocycles. The van der Waals surface area contributed by atoms with Crippen LogP contribution < -0.4 is 10.6 Å². The number of fused-ring (bicyclic) bond motifs is 4. The predicted molar refractivity (Wildman–Crippen MR) is 131 cm³/mol. The maximum atomic E-state index is 12.4. The fourth-order valence-electron chi connectivity index (χ4n) is 5.95. The number of carbonyl (C=O) groups excluding carboxylic acids is 2. The van der Waals surface area contributed by atoms with Crippen molar-refractivity contribution in [3.05, 3.63) is 59.7 Å². The van der Waals surface area contributed by atoms with Crippen molar-refractivity contribution in [1.29, 1.82) is 0 Å². The van der Waals surface area contributed by atoms with Crippen LogP contribution in [0.2, 0.25) is 0 Å². The van der Waals surface area contributed by atoms with E-state index in [1.165, 1.54) is 22.3 Å². The molecule has 3 aliphatic rings. The quantitative estimate of drug-likeness (QED) is 0.500. The van der Waals surface area contributed by atoms with Gasteiger partial charge in [0, 0.05) is 24.9 Å². The van der Waals surface area contributed by atoms with Gasteiger partial charge in [-0.15, -0.1) is 0 Å². The van der Waals surface area contributed by atoms with Crippen molar-refractivity contribution >= 4 is 18.0 Å². The lowest BCUT2D eigenvalue weighted by molar-refractivity contribution is -0.143. The molecule has 2 saturated carbocycles. The molecule has 3 N–H and O–H groups in total. The molecular formula is C28H32N2O5. The van der Waals surface area contributed by atoms with Crippen molar-refractivity contribution in [3.8, 4) is 11.1 Å². The van der Waals surface area contributed by atoms with Gasteiger partial charge >= 0.3 is 12.1 Å². The maximum Gasteiger partial charge on any atom is 0.407 e. The molecule has 0 bridgehead atoms. The Morgan fingerprint density at radius 2 is 1.71 bits per heavy atom. The van der Waals surface area contributed by atoms with Crippen LogP contribution in [0.15, 0.2) is 48.5 Å². The first-order valence-electron chi connectivity index (χ1n) is 12.5. The van der Waals surface area contributed by atoms with E-state index in [4.69, 9.17) is 4.74 Å². The van der Waals surface area contributed by atoms with Gasteiger partial charge in [-0.05, 0) is 59.8 Å². The molecule has 0 aliphatic heterocycles. The zero-order valence-electron chi connectivity index (χ0n) is 20.0. The minimum absolute atomic E-state index is 0.0242. The Morgan fingerprint density at radius 1 is 1.06 bits per heavy atom. The number of ether oxygens (including phenoxy) is 1. The van der Waals surface area contributed by atoms with Crippen LogP contribution in [0.4, 0.5) is 4.79 Å². The highest BCUT2D eigenvalue weighted by atomic mass is 16.5. The molecule has 7 heteroatoms. The third-order valence-electron chi connectivity index (χ3n) is 8.01. The number of carboxylic acid groups (broad SMARTS) is 1. The highest BCUT2D eigenvalue weighted by Gasteiger charge is 2.65. The first-order chi connectivity index (χ1) is 16.9. The Morgan fingerprint density at radius 3 is 2.34 bits per heavy atom. The molecule has 2 aromatic rings. The van der Waals surface area contributed by atoms with E-state index in [9.17, 15) is 19.5 Å². The van der Waals surface area contributed by atoms with E-state index in [-0.39, 0.29) is 36.3 Å². The van der Waals surface area contributed by atoms with Crippen LogP contribution in [0.1, 0.15) is 56.1 Å². The average molecular weight is 477 g/mol. The van der Waals surface area contributed by atoms with E-state index in [1.807, 2.05) is 31.2 Å². The normalized spacial score (nSPS) is 24.6. The molecule has 2 aromatic carbocycles. The summed E-state index contributed by atoms with van der Waals surface area (Å²) in [6.45, 7) is 2.69. The number of benzene rings is 2. The molecule has 0 aromatic heterocycles. The van der Waals surface area contributed by atoms with Gasteiger partial charge in [-0.1, -0.05) is 55.5 Å². The molecule has 7 nitrogen and oxygen atoms in total. The largest absolute Gasteiger partial charge is 0.481 e. The topological polar surface area (TPSA) is 105 Å². The van der Waals surface area contributed by atoms with Gasteiger partial charge in [-0.2, -0.15) is 0 Å². The van der Waals surface area contributed by atoms with Gasteiger partial charge in [0.2, 0.25) is 5.91 Å². The number of amides is 2. The summed E-state index contributed by atoms with van der Waals surface area (Å²) in [5, 5.41) is 15.2. The van der Waals surface area contributed by atoms with Gasteiger partial charge in [0.25, 0.3) is 0 Å². The van der Waals surface area contributed by atoms with Crippen molar-refractivity contribution in [2.45, 2.75) is 51.0 Å². The average Bonchev–Trinajstić information content (AvgIpc) is 3.28. The number of hydrogen-bond donors (Lipinski definition) is 3. The number of alkyl carbamates (subject to hydrolysis) is 1. The highest BCUT2D eigenvalue weighted by molar-refractivity contribution is 5.81. The second kappa shape index (κ2) is 9.36. The lowest BCUT2D eigenvalue weighted by Crippen LogP contribution is -2.35. The van der Waals surface area contributed by atoms with Gasteiger partial charge in [-0.3, -0.25) is 9.59 Å². The van der Waals surface area contributed by atoms with Crippen LogP contribution >= 0.6 is 0 Å². The van der Waals surface area contributed by atoms with Gasteiger partial charge in [0.15, 0.2) is 0 Å². The molecule has 2 fully saturated rings. The summed E-state index contributed by atoms with van der Waals surface area (Å²) in [6, 6.07) is 16.4. The molecular weight excluding hydrogens is 444 g/mol. The molecule has 184 valence electrons. The highest BCUT2D eigenvalue weighted by Crippen LogP contribution is 2.63. The molecule has 4 atom stereocenters. The first kappa shape index (κ1) is 23.4. The summed E-state index contributed by atoms with van der Waals surface area (Å²) >= 11 is 0. The molecule has 0 radical (unpaired) electrons. The molecule has 1 unspecified atom stereocenters. The van der Waals surface area contributed by atoms with Gasteiger partial charge in [0.05, 0.1) is 5.41 Å². The van der Waals surface area contributed by atoms with Crippen molar-refractivity contribution < 1.29 is 24.2 Å². The standard InChI is InChI=1S/C28H32N2O5/c1-17(10-11-25(31)30-19-12-18-13-28(18,14-19)26(32)33)15-29-27(34)35-16-24-22-8-4-2-6-20(22)21-7-3-5-9-23(21)24/h2-9,17-19,24H,10-16H2,1H3,(H,29,34)(H,30,31)(H,32,33)/t17?,18-,19+,28+/m0/s1. The first-order valence-corrected chi connectivity index (χ1v) is 12.5. The van der Waals surface area contributed by atoms with Crippen molar-refractivity contribution in [1.82, 2.24) is 10.6 Å². The van der Waals surface area contributed by atoms with Gasteiger partial charge in [0.1, 0.15) is 6.61 Å². The van der Waals surface area contributed by atoms with Crippen LogP contribution in [0, 0.1) is 17.3 Å². The summed E-state index contributed by atoms with van der Waals surface area (Å²) in [5.74, 6) is -0.428. The zero-order valence-corrected chi connectivity index (χ0v) is 20.0. The summed E-state index contributed by atoms with van der Waals surface area (Å²) in [7, 11) is 0. The van der Waals surface area contributed by atoms with E-state index in [1.54, 1.807) is 0 Å². The number of carboxylic acids is 1. The molecule has 0 heterocycles. The Bertz CT molecular complexity index is 1100. The van der Waals surface area contributed by atoms with E-state index in [0.717, 1.165) is 12.8 Å². The maximum absolute atomic E-state index is 12.4. The monoisotopic (exact) mass is 476 g/mol. The van der Waals surface area contributed by atoms with Crippen LogP contribution in [0.5, 0.6) is 0 Å². The van der Waals surface area contributed by atoms with Crippen molar-refractivity contribution in [2.75, 3.05) is 13.2 Å². The minimum atomic E-state index is -0.729. The second-order valence-corrected chi connectivity index (χ2v) is 10.4. The number of aliphatic carboxylic acids is 1. The summed E-state index contributed by atoms with van der Waals surface area (Å²) in [5.41, 5.74) is 4.15. The molecule has 0 saturated heterocycles. The lowest BCUT2D eigenvalue weighted by atomic mass is 9.98. The van der Waals surface area contributed by atoms with Crippen LogP contribution in [-0.2, 0) is 14.3 Å². The van der Waals surface area contributed by atoms with Crippen molar-refractivity contribution in [3.63, 3.8) is 0 Å². The fourth-order valence-corrected chi connectivity index (χ4v) is 5.95. The number of carbonyl (C=O) groups is 3. The number of hydrogen-bond acceptors (Lipinski definition) is 4. The Balaban J connectivity index is 1.02. The third kappa shape index (κ3) is 4.64. The smallest absolute Gasteiger partial charge is 0.407 e. The summed E-state index contributed by atoms with van der Waals surface area (Å²) in [6.07, 6.45) is 2.58. The van der Waals surface area contributed by atoms with Crippen LogP contribution in [0.25, 0.3) is 11.1 Å². The molecule has 0 spiro atoms. The van der Waals surface area contributed by atoms with E-state index in [0.29, 0.717) is 25.8 Å². The zero-order chi connectivity index (χ0) is 24.6. The van der Waals surface area contributed by atoms with Gasteiger partial charge in [-0.25, -0.2) is 4.79 Å². The third-order valence-corrected chi connectivity index (χ3v) is 8.01. The van der Waals surface area contributed by atoms with Crippen LogP contribution in [-0.4, -0.2) is 42.3 Å². The number of rotatable bonds is 9. The van der Waals surface area contributed by atoms with Crippen molar-refractivity contribution in [2.24, 2.45) is 17.3 Å². The Labute approximate surface area is 205 Å². The Hall–Kier alpha value is -3.35. The minimum Gasteiger partial charge on any atom is -0.481 e. The summed E-state index contributed by atoms with van der Waals surface area (Å²) < 4.78 is 5.57. The van der Waals surface area contributed by atoms with E-state index >= 15 is 0 Å². The fraction of sp³-hybridized carbons (Fsp3) is 0.464. The number of nitrogens with one attached hydrogen (secondary N) is 2. The van der Waals surface area contributed by atoms with E-state index in [2.05, 4.69) is 34.9 Å². The van der Waals surface area contributed by atoms with E-state index < -0.39 is 17.5 Å². The molecule has 35 heavy (non-hydrogen) atoms. The lowest BCUT2D eigenvalue weighted by Gasteiger charge is -2.18. The summed E-state index contributed by atoms with van der Waals surface area (Å²) in [4.78, 5) is 36.1. The second-order valence-electron chi connectivity index (χ2n) is 10.4. The van der Waals surface area contributed by atoms with Gasteiger partial charge < -0.3 is 20.5 Å². The Kier molecular flexibility index (Phi) is 6.26. The van der Waals surface area contributed by atoms with Crippen LogP contribution in [0.3, 0.4) is 0 Å².